The van der Waals surface area contributed by atoms with E-state index in [9.17, 15) is 9.90 Å². The summed E-state index contributed by atoms with van der Waals surface area (Å²) >= 11 is 0. The van der Waals surface area contributed by atoms with Gasteiger partial charge in [-0.25, -0.2) is 14.8 Å². The Hall–Kier alpha value is -4.01. The highest BCUT2D eigenvalue weighted by Gasteiger charge is 2.17. The van der Waals surface area contributed by atoms with E-state index in [2.05, 4.69) is 15.3 Å². The number of nitrogens with one attached hydrogen (secondary N) is 1. The number of benzene rings is 2. The number of hydrogen-bond acceptors (Lipinski definition) is 8. The van der Waals surface area contributed by atoms with Crippen molar-refractivity contribution in [2.24, 2.45) is 0 Å². The molecule has 34 heavy (non-hydrogen) atoms. The molecule has 0 unspecified atom stereocenters. The summed E-state index contributed by atoms with van der Waals surface area (Å²) in [4.78, 5) is 20.1. The van der Waals surface area contributed by atoms with Gasteiger partial charge in [-0.3, -0.25) is 0 Å². The molecular weight excluding hydrogens is 438 g/mol. The zero-order chi connectivity index (χ0) is 23.9. The van der Waals surface area contributed by atoms with Crippen LogP contribution in [0, 0.1) is 0 Å². The SMILES string of the molecule is CCOc1cc2c(cc1CCNc1cc(-c3ccc(C(=O)O)c(OCC)c3)ncn1)OCCO2. The van der Waals surface area contributed by atoms with Crippen LogP contribution >= 0.6 is 0 Å². The highest BCUT2D eigenvalue weighted by molar-refractivity contribution is 5.91. The number of ether oxygens (including phenoxy) is 4. The smallest absolute Gasteiger partial charge is 0.339 e. The molecule has 2 aromatic carbocycles. The third kappa shape index (κ3) is 5.31. The fourth-order valence-electron chi connectivity index (χ4n) is 3.67. The third-order valence-corrected chi connectivity index (χ3v) is 5.20. The van der Waals surface area contributed by atoms with E-state index < -0.39 is 5.97 Å². The second kappa shape index (κ2) is 10.7. The Morgan fingerprint density at radius 1 is 1.00 bits per heavy atom. The van der Waals surface area contributed by atoms with Crippen LogP contribution in [0.15, 0.2) is 42.7 Å². The number of hydrogen-bond donors (Lipinski definition) is 2. The molecule has 2 N–H and O–H groups in total. The molecule has 2 heterocycles. The summed E-state index contributed by atoms with van der Waals surface area (Å²) < 4.78 is 22.7. The summed E-state index contributed by atoms with van der Waals surface area (Å²) in [7, 11) is 0. The minimum atomic E-state index is -1.04. The molecule has 9 heteroatoms. The van der Waals surface area contributed by atoms with Gasteiger partial charge >= 0.3 is 5.97 Å². The van der Waals surface area contributed by atoms with E-state index in [0.29, 0.717) is 62.4 Å². The van der Waals surface area contributed by atoms with E-state index in [1.165, 1.54) is 12.4 Å². The molecule has 0 spiro atoms. The summed E-state index contributed by atoms with van der Waals surface area (Å²) in [5, 5.41) is 12.7. The van der Waals surface area contributed by atoms with Crippen LogP contribution in [0.2, 0.25) is 0 Å². The number of carboxylic acid groups (broad SMARTS) is 1. The molecule has 0 aliphatic carbocycles. The molecule has 0 saturated heterocycles. The molecule has 178 valence electrons. The lowest BCUT2D eigenvalue weighted by Crippen LogP contribution is -2.16. The summed E-state index contributed by atoms with van der Waals surface area (Å²) in [5.41, 5.74) is 2.52. The van der Waals surface area contributed by atoms with Crippen LogP contribution in [0.1, 0.15) is 29.8 Å². The van der Waals surface area contributed by atoms with Crippen molar-refractivity contribution in [1.82, 2.24) is 9.97 Å². The van der Waals surface area contributed by atoms with E-state index in [-0.39, 0.29) is 5.56 Å². The second-order valence-electron chi connectivity index (χ2n) is 7.45. The van der Waals surface area contributed by atoms with E-state index in [1.807, 2.05) is 32.0 Å². The van der Waals surface area contributed by atoms with Gasteiger partial charge in [-0.05, 0) is 44.0 Å². The van der Waals surface area contributed by atoms with Gasteiger partial charge in [0.1, 0.15) is 42.4 Å². The van der Waals surface area contributed by atoms with Crippen molar-refractivity contribution in [3.8, 4) is 34.3 Å². The number of aromatic nitrogens is 2. The highest BCUT2D eigenvalue weighted by Crippen LogP contribution is 2.37. The average molecular weight is 466 g/mol. The van der Waals surface area contributed by atoms with Crippen molar-refractivity contribution in [3.05, 3.63) is 53.9 Å². The van der Waals surface area contributed by atoms with Crippen LogP contribution in [-0.4, -0.2) is 54.0 Å². The maximum absolute atomic E-state index is 11.4. The van der Waals surface area contributed by atoms with Gasteiger partial charge in [0.05, 0.1) is 18.9 Å². The van der Waals surface area contributed by atoms with Gasteiger partial charge in [0, 0.05) is 24.2 Å². The van der Waals surface area contributed by atoms with E-state index in [1.54, 1.807) is 12.1 Å². The van der Waals surface area contributed by atoms with Crippen molar-refractivity contribution in [1.29, 1.82) is 0 Å². The normalized spacial score (nSPS) is 12.2. The Morgan fingerprint density at radius 3 is 2.47 bits per heavy atom. The Kier molecular flexibility index (Phi) is 7.31. The maximum atomic E-state index is 11.4. The van der Waals surface area contributed by atoms with E-state index in [0.717, 1.165) is 22.6 Å². The van der Waals surface area contributed by atoms with Gasteiger partial charge in [-0.1, -0.05) is 6.07 Å². The molecule has 0 fully saturated rings. The van der Waals surface area contributed by atoms with Gasteiger partial charge in [-0.15, -0.1) is 0 Å². The number of rotatable bonds is 10. The fourth-order valence-corrected chi connectivity index (χ4v) is 3.67. The van der Waals surface area contributed by atoms with Crippen molar-refractivity contribution in [2.45, 2.75) is 20.3 Å². The van der Waals surface area contributed by atoms with Crippen LogP contribution in [0.25, 0.3) is 11.3 Å². The number of carbonyl (C=O) groups is 1. The standard InChI is InChI=1S/C25H27N3O6/c1-3-31-20-14-23-22(33-9-10-34-23)12-17(20)7-8-26-24-13-19(27-15-28-24)16-5-6-18(25(29)30)21(11-16)32-4-2/h5-6,11-15H,3-4,7-10H2,1-2H3,(H,29,30)(H,26,27,28). The molecule has 9 nitrogen and oxygen atoms in total. The van der Waals surface area contributed by atoms with Gasteiger partial charge in [0.15, 0.2) is 11.5 Å². The lowest BCUT2D eigenvalue weighted by molar-refractivity contribution is 0.0692. The largest absolute Gasteiger partial charge is 0.493 e. The molecule has 0 atom stereocenters. The predicted molar refractivity (Wildman–Crippen MR) is 126 cm³/mol. The first-order valence-electron chi connectivity index (χ1n) is 11.2. The van der Waals surface area contributed by atoms with Gasteiger partial charge in [-0.2, -0.15) is 0 Å². The number of nitrogens with zero attached hydrogens (tertiary/aromatic N) is 2. The monoisotopic (exact) mass is 465 g/mol. The predicted octanol–water partition coefficient (Wildman–Crippen LogP) is 4.07. The molecule has 1 aromatic heterocycles. The van der Waals surface area contributed by atoms with Crippen LogP contribution < -0.4 is 24.3 Å². The minimum Gasteiger partial charge on any atom is -0.493 e. The van der Waals surface area contributed by atoms with Crippen molar-refractivity contribution in [3.63, 3.8) is 0 Å². The maximum Gasteiger partial charge on any atom is 0.339 e. The minimum absolute atomic E-state index is 0.113. The van der Waals surface area contributed by atoms with E-state index in [4.69, 9.17) is 18.9 Å². The van der Waals surface area contributed by atoms with Gasteiger partial charge in [0.2, 0.25) is 0 Å². The molecule has 0 saturated carbocycles. The Morgan fingerprint density at radius 2 is 1.74 bits per heavy atom. The van der Waals surface area contributed by atoms with E-state index >= 15 is 0 Å². The topological polar surface area (TPSA) is 112 Å². The Labute approximate surface area is 197 Å². The Bertz CT molecular complexity index is 1170. The first-order chi connectivity index (χ1) is 16.6. The number of carboxylic acids is 1. The van der Waals surface area contributed by atoms with Crippen molar-refractivity contribution in [2.75, 3.05) is 38.3 Å². The zero-order valence-corrected chi connectivity index (χ0v) is 19.2. The molecule has 0 amide bonds. The van der Waals surface area contributed by atoms with Crippen LogP contribution in [0.4, 0.5) is 5.82 Å². The number of fused-ring (bicyclic) bond motifs is 1. The molecule has 3 aromatic rings. The highest BCUT2D eigenvalue weighted by atomic mass is 16.6. The zero-order valence-electron chi connectivity index (χ0n) is 19.2. The fraction of sp³-hybridized carbons (Fsp3) is 0.320. The van der Waals surface area contributed by atoms with Crippen molar-refractivity contribution < 1.29 is 28.8 Å². The molecule has 0 radical (unpaired) electrons. The lowest BCUT2D eigenvalue weighted by atomic mass is 10.1. The quantitative estimate of drug-likeness (QED) is 0.458. The summed E-state index contributed by atoms with van der Waals surface area (Å²) in [6, 6.07) is 10.6. The lowest BCUT2D eigenvalue weighted by Gasteiger charge is -2.21. The van der Waals surface area contributed by atoms with Crippen LogP contribution in [0.3, 0.4) is 0 Å². The van der Waals surface area contributed by atoms with Crippen LogP contribution in [0.5, 0.6) is 23.0 Å². The molecule has 1 aliphatic rings. The number of anilines is 1. The molecule has 0 bridgehead atoms. The molecule has 1 aliphatic heterocycles. The Balaban J connectivity index is 1.48. The second-order valence-corrected chi connectivity index (χ2v) is 7.45. The first-order valence-corrected chi connectivity index (χ1v) is 11.2. The summed E-state index contributed by atoms with van der Waals surface area (Å²) in [5.74, 6) is 2.13. The van der Waals surface area contributed by atoms with Gasteiger partial charge in [0.25, 0.3) is 0 Å². The van der Waals surface area contributed by atoms with Crippen molar-refractivity contribution >= 4 is 11.8 Å². The molecular formula is C25H27N3O6. The number of aromatic carboxylic acids is 1. The third-order valence-electron chi connectivity index (χ3n) is 5.20. The van der Waals surface area contributed by atoms with Crippen LogP contribution in [-0.2, 0) is 6.42 Å². The summed E-state index contributed by atoms with van der Waals surface area (Å²) in [6.45, 7) is 6.34. The van der Waals surface area contributed by atoms with Gasteiger partial charge < -0.3 is 29.4 Å². The first kappa shape index (κ1) is 23.2. The molecule has 4 rings (SSSR count). The average Bonchev–Trinajstić information content (AvgIpc) is 2.84. The summed E-state index contributed by atoms with van der Waals surface area (Å²) in [6.07, 6.45) is 2.16.